The smallest absolute Gasteiger partial charge is 0.253 e. The number of nitrogens with one attached hydrogen (secondary N) is 2. The van der Waals surface area contributed by atoms with Gasteiger partial charge in [-0.25, -0.2) is 0 Å². The Bertz CT molecular complexity index is 925. The molecule has 1 aromatic heterocycles. The fraction of sp³-hybridized carbons (Fsp3) is 0.292. The first-order valence-corrected chi connectivity index (χ1v) is 10.00. The van der Waals surface area contributed by atoms with Crippen LogP contribution in [0.25, 0.3) is 11.1 Å². The van der Waals surface area contributed by atoms with E-state index in [0.29, 0.717) is 23.9 Å². The Kier molecular flexibility index (Phi) is 5.47. The molecule has 0 aliphatic heterocycles. The third kappa shape index (κ3) is 4.11. The second-order valence-electron chi connectivity index (χ2n) is 7.67. The molecule has 0 atom stereocenters. The van der Waals surface area contributed by atoms with E-state index in [9.17, 15) is 9.90 Å². The van der Waals surface area contributed by atoms with Crippen LogP contribution in [-0.4, -0.2) is 22.5 Å². The van der Waals surface area contributed by atoms with E-state index in [0.717, 1.165) is 24.0 Å². The number of hydrogen-bond acceptors (Lipinski definition) is 2. The molecule has 3 N–H and O–H groups in total. The van der Waals surface area contributed by atoms with Crippen molar-refractivity contribution in [3.8, 4) is 16.9 Å². The zero-order chi connectivity index (χ0) is 19.3. The third-order valence-electron chi connectivity index (χ3n) is 5.82. The van der Waals surface area contributed by atoms with Crippen molar-refractivity contribution in [2.45, 2.75) is 31.6 Å². The molecule has 1 aliphatic rings. The van der Waals surface area contributed by atoms with Gasteiger partial charge < -0.3 is 15.4 Å². The van der Waals surface area contributed by atoms with Gasteiger partial charge in [-0.3, -0.25) is 4.79 Å². The third-order valence-corrected chi connectivity index (χ3v) is 5.82. The van der Waals surface area contributed by atoms with Crippen LogP contribution in [0.4, 0.5) is 0 Å². The number of hydrogen-bond donors (Lipinski definition) is 3. The van der Waals surface area contributed by atoms with Crippen LogP contribution >= 0.6 is 0 Å². The quantitative estimate of drug-likeness (QED) is 0.582. The molecule has 0 saturated heterocycles. The highest BCUT2D eigenvalue weighted by molar-refractivity contribution is 6.00. The van der Waals surface area contributed by atoms with Crippen LogP contribution in [0, 0.1) is 5.92 Å². The standard InChI is InChI=1S/C24H26N2O2/c27-21-8-4-7-20(13-21)22-15-25-16-23(22)24(28)26-14-17-9-11-19(12-10-17)18-5-2-1-3-6-18/h1-8,13,15-17,19,25,27H,9-12,14H2,(H,26,28). The zero-order valence-corrected chi connectivity index (χ0v) is 15.9. The van der Waals surface area contributed by atoms with Crippen LogP contribution in [0.3, 0.4) is 0 Å². The van der Waals surface area contributed by atoms with Gasteiger partial charge in [-0.2, -0.15) is 0 Å². The number of carbonyl (C=O) groups is 1. The number of H-pyrrole nitrogens is 1. The SMILES string of the molecule is O=C(NCC1CCC(c2ccccc2)CC1)c1c[nH]cc1-c1cccc(O)c1. The molecule has 2 aromatic carbocycles. The van der Waals surface area contributed by atoms with Crippen molar-refractivity contribution in [3.05, 3.63) is 78.1 Å². The number of aromatic hydroxyl groups is 1. The van der Waals surface area contributed by atoms with Crippen LogP contribution in [0.2, 0.25) is 0 Å². The van der Waals surface area contributed by atoms with E-state index in [-0.39, 0.29) is 11.7 Å². The number of phenols is 1. The van der Waals surface area contributed by atoms with Crippen molar-refractivity contribution in [1.29, 1.82) is 0 Å². The van der Waals surface area contributed by atoms with Crippen LogP contribution in [0.5, 0.6) is 5.75 Å². The maximum atomic E-state index is 12.7. The van der Waals surface area contributed by atoms with Crippen molar-refractivity contribution in [3.63, 3.8) is 0 Å². The topological polar surface area (TPSA) is 65.1 Å². The predicted molar refractivity (Wildman–Crippen MR) is 111 cm³/mol. The summed E-state index contributed by atoms with van der Waals surface area (Å²) in [6, 6.07) is 17.7. The second kappa shape index (κ2) is 8.34. The monoisotopic (exact) mass is 374 g/mol. The Labute approximate surface area is 165 Å². The van der Waals surface area contributed by atoms with Gasteiger partial charge in [0, 0.05) is 24.5 Å². The van der Waals surface area contributed by atoms with Gasteiger partial charge in [0.15, 0.2) is 0 Å². The van der Waals surface area contributed by atoms with Gasteiger partial charge in [-0.05, 0) is 60.8 Å². The van der Waals surface area contributed by atoms with E-state index in [1.54, 1.807) is 30.6 Å². The van der Waals surface area contributed by atoms with E-state index in [4.69, 9.17) is 0 Å². The Morgan fingerprint density at radius 1 is 1.00 bits per heavy atom. The average molecular weight is 374 g/mol. The molecule has 4 nitrogen and oxygen atoms in total. The maximum Gasteiger partial charge on any atom is 0.253 e. The minimum Gasteiger partial charge on any atom is -0.508 e. The minimum atomic E-state index is -0.0650. The molecule has 1 amide bonds. The van der Waals surface area contributed by atoms with E-state index in [1.807, 2.05) is 6.07 Å². The molecule has 0 spiro atoms. The highest BCUT2D eigenvalue weighted by Gasteiger charge is 2.23. The molecule has 0 unspecified atom stereocenters. The largest absolute Gasteiger partial charge is 0.508 e. The molecule has 3 aromatic rings. The first-order chi connectivity index (χ1) is 13.7. The van der Waals surface area contributed by atoms with Crippen molar-refractivity contribution < 1.29 is 9.90 Å². The molecule has 0 bridgehead atoms. The van der Waals surface area contributed by atoms with E-state index in [2.05, 4.69) is 40.6 Å². The number of aromatic amines is 1. The van der Waals surface area contributed by atoms with Crippen molar-refractivity contribution >= 4 is 5.91 Å². The number of amides is 1. The Hall–Kier alpha value is -3.01. The summed E-state index contributed by atoms with van der Waals surface area (Å²) in [7, 11) is 0. The highest BCUT2D eigenvalue weighted by Crippen LogP contribution is 2.35. The maximum absolute atomic E-state index is 12.7. The number of phenolic OH excluding ortho intramolecular Hbond substituents is 1. The summed E-state index contributed by atoms with van der Waals surface area (Å²) >= 11 is 0. The first kappa shape index (κ1) is 18.4. The van der Waals surface area contributed by atoms with E-state index in [1.165, 1.54) is 18.4 Å². The van der Waals surface area contributed by atoms with Gasteiger partial charge in [0.05, 0.1) is 5.56 Å². The lowest BCUT2D eigenvalue weighted by Crippen LogP contribution is -2.31. The van der Waals surface area contributed by atoms with Crippen molar-refractivity contribution in [2.75, 3.05) is 6.54 Å². The number of rotatable bonds is 5. The molecule has 28 heavy (non-hydrogen) atoms. The summed E-state index contributed by atoms with van der Waals surface area (Å²) in [5, 5.41) is 12.8. The fourth-order valence-corrected chi connectivity index (χ4v) is 4.22. The zero-order valence-electron chi connectivity index (χ0n) is 15.9. The minimum absolute atomic E-state index is 0.0650. The van der Waals surface area contributed by atoms with E-state index < -0.39 is 0 Å². The van der Waals surface area contributed by atoms with Crippen molar-refractivity contribution in [2.24, 2.45) is 5.92 Å². The molecule has 1 fully saturated rings. The van der Waals surface area contributed by atoms with Crippen LogP contribution < -0.4 is 5.32 Å². The van der Waals surface area contributed by atoms with Gasteiger partial charge in [-0.1, -0.05) is 42.5 Å². The average Bonchev–Trinajstić information content (AvgIpc) is 3.23. The molecular formula is C24H26N2O2. The summed E-state index contributed by atoms with van der Waals surface area (Å²) in [6.45, 7) is 0.713. The number of aromatic nitrogens is 1. The van der Waals surface area contributed by atoms with Crippen LogP contribution in [0.15, 0.2) is 67.0 Å². The normalized spacial score (nSPS) is 19.3. The summed E-state index contributed by atoms with van der Waals surface area (Å²) < 4.78 is 0. The summed E-state index contributed by atoms with van der Waals surface area (Å²) in [5.74, 6) is 1.31. The fourth-order valence-electron chi connectivity index (χ4n) is 4.22. The first-order valence-electron chi connectivity index (χ1n) is 10.00. The Morgan fingerprint density at radius 3 is 2.54 bits per heavy atom. The van der Waals surface area contributed by atoms with Gasteiger partial charge in [0.1, 0.15) is 5.75 Å². The summed E-state index contributed by atoms with van der Waals surface area (Å²) in [5.41, 5.74) is 3.69. The molecule has 1 aliphatic carbocycles. The van der Waals surface area contributed by atoms with Crippen LogP contribution in [0.1, 0.15) is 47.5 Å². The predicted octanol–water partition coefficient (Wildman–Crippen LogP) is 5.09. The molecule has 1 heterocycles. The molecule has 4 heteroatoms. The lowest BCUT2D eigenvalue weighted by atomic mass is 9.78. The molecular weight excluding hydrogens is 348 g/mol. The summed E-state index contributed by atoms with van der Waals surface area (Å²) in [4.78, 5) is 15.7. The van der Waals surface area contributed by atoms with Gasteiger partial charge in [0.25, 0.3) is 5.91 Å². The Balaban J connectivity index is 1.33. The lowest BCUT2D eigenvalue weighted by Gasteiger charge is -2.29. The number of benzene rings is 2. The van der Waals surface area contributed by atoms with Gasteiger partial charge in [0.2, 0.25) is 0 Å². The van der Waals surface area contributed by atoms with Crippen molar-refractivity contribution in [1.82, 2.24) is 10.3 Å². The molecule has 1 saturated carbocycles. The highest BCUT2D eigenvalue weighted by atomic mass is 16.3. The second-order valence-corrected chi connectivity index (χ2v) is 7.67. The molecule has 4 rings (SSSR count). The van der Waals surface area contributed by atoms with Gasteiger partial charge >= 0.3 is 0 Å². The lowest BCUT2D eigenvalue weighted by molar-refractivity contribution is 0.0943. The Morgan fingerprint density at radius 2 is 1.79 bits per heavy atom. The number of carbonyl (C=O) groups excluding carboxylic acids is 1. The van der Waals surface area contributed by atoms with Crippen LogP contribution in [-0.2, 0) is 0 Å². The van der Waals surface area contributed by atoms with Gasteiger partial charge in [-0.15, -0.1) is 0 Å². The summed E-state index contributed by atoms with van der Waals surface area (Å²) in [6.07, 6.45) is 8.18. The van der Waals surface area contributed by atoms with E-state index >= 15 is 0 Å². The molecule has 0 radical (unpaired) electrons. The molecule has 144 valence electrons.